The Kier molecular flexibility index (Phi) is 6.97. The molecule has 2 fully saturated rings. The Balaban J connectivity index is 1.43. The van der Waals surface area contributed by atoms with E-state index < -0.39 is 0 Å². The SMILES string of the molecule is CCNC(=O)N1CC(CN2CCN(c3ccccc3)CC2)C(c2cccc(OC)c2)C1. The summed E-state index contributed by atoms with van der Waals surface area (Å²) in [6.45, 7) is 9.39. The van der Waals surface area contributed by atoms with Gasteiger partial charge in [0, 0.05) is 64.0 Å². The van der Waals surface area contributed by atoms with Crippen LogP contribution in [0.4, 0.5) is 10.5 Å². The van der Waals surface area contributed by atoms with Gasteiger partial charge >= 0.3 is 6.03 Å². The van der Waals surface area contributed by atoms with Crippen molar-refractivity contribution in [1.82, 2.24) is 15.1 Å². The summed E-state index contributed by atoms with van der Waals surface area (Å²) >= 11 is 0. The van der Waals surface area contributed by atoms with Crippen molar-refractivity contribution in [3.05, 3.63) is 60.2 Å². The van der Waals surface area contributed by atoms with Gasteiger partial charge in [0.05, 0.1) is 7.11 Å². The number of hydrogen-bond donors (Lipinski definition) is 1. The molecule has 166 valence electrons. The van der Waals surface area contributed by atoms with Crippen molar-refractivity contribution in [1.29, 1.82) is 0 Å². The van der Waals surface area contributed by atoms with E-state index in [2.05, 4.69) is 63.6 Å². The van der Waals surface area contributed by atoms with E-state index in [9.17, 15) is 4.79 Å². The van der Waals surface area contributed by atoms with Crippen molar-refractivity contribution >= 4 is 11.7 Å². The lowest BCUT2D eigenvalue weighted by Crippen LogP contribution is -2.48. The first-order valence-corrected chi connectivity index (χ1v) is 11.4. The quantitative estimate of drug-likeness (QED) is 0.776. The number of likely N-dealkylation sites (tertiary alicyclic amines) is 1. The van der Waals surface area contributed by atoms with Crippen LogP contribution in [0, 0.1) is 5.92 Å². The number of benzene rings is 2. The van der Waals surface area contributed by atoms with E-state index in [4.69, 9.17) is 4.74 Å². The fourth-order valence-electron chi connectivity index (χ4n) is 4.89. The number of nitrogens with zero attached hydrogens (tertiary/aromatic N) is 3. The summed E-state index contributed by atoms with van der Waals surface area (Å²) in [5.74, 6) is 1.62. The van der Waals surface area contributed by atoms with Gasteiger partial charge in [-0.15, -0.1) is 0 Å². The summed E-state index contributed by atoms with van der Waals surface area (Å²) in [4.78, 5) is 19.6. The molecule has 1 N–H and O–H groups in total. The zero-order valence-corrected chi connectivity index (χ0v) is 18.7. The predicted molar refractivity (Wildman–Crippen MR) is 125 cm³/mol. The van der Waals surface area contributed by atoms with Crippen LogP contribution in [0.15, 0.2) is 54.6 Å². The highest BCUT2D eigenvalue weighted by Gasteiger charge is 2.37. The van der Waals surface area contributed by atoms with Crippen LogP contribution >= 0.6 is 0 Å². The normalized spacial score (nSPS) is 21.9. The molecule has 0 radical (unpaired) electrons. The fourth-order valence-corrected chi connectivity index (χ4v) is 4.89. The van der Waals surface area contributed by atoms with E-state index in [0.29, 0.717) is 18.4 Å². The third-order valence-corrected chi connectivity index (χ3v) is 6.56. The second kappa shape index (κ2) is 10.1. The molecule has 0 aromatic heterocycles. The van der Waals surface area contributed by atoms with Gasteiger partial charge in [-0.1, -0.05) is 30.3 Å². The molecule has 4 rings (SSSR count). The van der Waals surface area contributed by atoms with Crippen molar-refractivity contribution in [2.45, 2.75) is 12.8 Å². The van der Waals surface area contributed by atoms with Crippen LogP contribution in [-0.2, 0) is 0 Å². The minimum absolute atomic E-state index is 0.0480. The third kappa shape index (κ3) is 5.13. The first-order valence-electron chi connectivity index (χ1n) is 11.4. The Bertz CT molecular complexity index is 852. The molecule has 2 unspecified atom stereocenters. The number of ether oxygens (including phenoxy) is 1. The number of anilines is 1. The van der Waals surface area contributed by atoms with Crippen LogP contribution in [-0.4, -0.2) is 75.3 Å². The number of rotatable bonds is 6. The molecule has 0 saturated carbocycles. The van der Waals surface area contributed by atoms with E-state index in [1.54, 1.807) is 7.11 Å². The van der Waals surface area contributed by atoms with Crippen molar-refractivity contribution in [3.8, 4) is 5.75 Å². The summed E-state index contributed by atoms with van der Waals surface area (Å²) in [6, 6.07) is 19.1. The van der Waals surface area contributed by atoms with E-state index in [-0.39, 0.29) is 6.03 Å². The highest BCUT2D eigenvalue weighted by atomic mass is 16.5. The predicted octanol–water partition coefficient (Wildman–Crippen LogP) is 3.26. The number of para-hydroxylation sites is 1. The number of methoxy groups -OCH3 is 1. The maximum atomic E-state index is 12.6. The third-order valence-electron chi connectivity index (χ3n) is 6.56. The average Bonchev–Trinajstić information content (AvgIpc) is 3.24. The highest BCUT2D eigenvalue weighted by molar-refractivity contribution is 5.74. The topological polar surface area (TPSA) is 48.1 Å². The number of amides is 2. The molecule has 31 heavy (non-hydrogen) atoms. The lowest BCUT2D eigenvalue weighted by Gasteiger charge is -2.37. The van der Waals surface area contributed by atoms with Crippen LogP contribution in [0.1, 0.15) is 18.4 Å². The fraction of sp³-hybridized carbons (Fsp3) is 0.480. The summed E-state index contributed by atoms with van der Waals surface area (Å²) in [5.41, 5.74) is 2.57. The molecular weight excluding hydrogens is 388 g/mol. The lowest BCUT2D eigenvalue weighted by atomic mass is 9.88. The number of urea groups is 1. The second-order valence-corrected chi connectivity index (χ2v) is 8.51. The van der Waals surface area contributed by atoms with Crippen molar-refractivity contribution in [2.24, 2.45) is 5.92 Å². The van der Waals surface area contributed by atoms with Crippen LogP contribution in [0.5, 0.6) is 5.75 Å². The van der Waals surface area contributed by atoms with E-state index in [1.165, 1.54) is 11.3 Å². The first-order chi connectivity index (χ1) is 15.2. The molecule has 2 heterocycles. The highest BCUT2D eigenvalue weighted by Crippen LogP contribution is 2.35. The van der Waals surface area contributed by atoms with Crippen LogP contribution in [0.25, 0.3) is 0 Å². The summed E-state index contributed by atoms with van der Waals surface area (Å²) in [7, 11) is 1.71. The van der Waals surface area contributed by atoms with Gasteiger partial charge in [0.25, 0.3) is 0 Å². The maximum absolute atomic E-state index is 12.6. The number of hydrogen-bond acceptors (Lipinski definition) is 4. The first kappa shape index (κ1) is 21.5. The van der Waals surface area contributed by atoms with Crippen LogP contribution in [0.3, 0.4) is 0 Å². The molecule has 2 atom stereocenters. The summed E-state index contributed by atoms with van der Waals surface area (Å²) < 4.78 is 5.46. The Morgan fingerprint density at radius 2 is 1.81 bits per heavy atom. The molecule has 2 saturated heterocycles. The van der Waals surface area contributed by atoms with Gasteiger partial charge in [-0.2, -0.15) is 0 Å². The maximum Gasteiger partial charge on any atom is 0.317 e. The minimum atomic E-state index is 0.0480. The standard InChI is InChI=1S/C25H34N4O2/c1-3-26-25(30)29-18-21(24(19-29)20-8-7-11-23(16-20)31-2)17-27-12-14-28(15-13-27)22-9-5-4-6-10-22/h4-11,16,21,24H,3,12-15,17-19H2,1-2H3,(H,26,30). The van der Waals surface area contributed by atoms with Crippen molar-refractivity contribution < 1.29 is 9.53 Å². The minimum Gasteiger partial charge on any atom is -0.497 e. The number of carbonyl (C=O) groups excluding carboxylic acids is 1. The van der Waals surface area contributed by atoms with E-state index >= 15 is 0 Å². The van der Waals surface area contributed by atoms with E-state index in [1.807, 2.05) is 17.9 Å². The van der Waals surface area contributed by atoms with Gasteiger partial charge in [-0.3, -0.25) is 4.90 Å². The molecule has 2 aliphatic heterocycles. The molecule has 0 spiro atoms. The molecule has 2 aromatic rings. The Hall–Kier alpha value is -2.73. The Morgan fingerprint density at radius 1 is 1.03 bits per heavy atom. The summed E-state index contributed by atoms with van der Waals surface area (Å²) in [5, 5.41) is 2.97. The number of nitrogens with one attached hydrogen (secondary N) is 1. The largest absolute Gasteiger partial charge is 0.497 e. The molecule has 6 heteroatoms. The van der Waals surface area contributed by atoms with Crippen molar-refractivity contribution in [3.63, 3.8) is 0 Å². The van der Waals surface area contributed by atoms with Gasteiger partial charge in [0.2, 0.25) is 0 Å². The van der Waals surface area contributed by atoms with Gasteiger partial charge in [-0.05, 0) is 42.7 Å². The van der Waals surface area contributed by atoms with Crippen molar-refractivity contribution in [2.75, 3.05) is 64.4 Å². The molecule has 6 nitrogen and oxygen atoms in total. The second-order valence-electron chi connectivity index (χ2n) is 8.51. The Labute approximate surface area is 185 Å². The zero-order chi connectivity index (χ0) is 21.6. The van der Waals surface area contributed by atoms with Gasteiger partial charge in [0.15, 0.2) is 0 Å². The number of piperazine rings is 1. The molecular formula is C25H34N4O2. The average molecular weight is 423 g/mol. The van der Waals surface area contributed by atoms with Crippen LogP contribution < -0.4 is 15.0 Å². The molecule has 2 aliphatic rings. The summed E-state index contributed by atoms with van der Waals surface area (Å²) in [6.07, 6.45) is 0. The van der Waals surface area contributed by atoms with E-state index in [0.717, 1.165) is 51.6 Å². The molecule has 0 bridgehead atoms. The van der Waals surface area contributed by atoms with Crippen LogP contribution in [0.2, 0.25) is 0 Å². The lowest BCUT2D eigenvalue weighted by molar-refractivity contribution is 0.197. The van der Waals surface area contributed by atoms with Gasteiger partial charge in [-0.25, -0.2) is 4.79 Å². The monoisotopic (exact) mass is 422 g/mol. The smallest absolute Gasteiger partial charge is 0.317 e. The Morgan fingerprint density at radius 3 is 2.52 bits per heavy atom. The molecule has 2 amide bonds. The molecule has 2 aromatic carbocycles. The molecule has 0 aliphatic carbocycles. The van der Waals surface area contributed by atoms with Gasteiger partial charge in [0.1, 0.15) is 5.75 Å². The van der Waals surface area contributed by atoms with Gasteiger partial charge < -0.3 is 19.9 Å². The zero-order valence-electron chi connectivity index (χ0n) is 18.7. The number of carbonyl (C=O) groups is 1.